The van der Waals surface area contributed by atoms with Gasteiger partial charge in [0.2, 0.25) is 17.7 Å². The lowest BCUT2D eigenvalue weighted by Crippen LogP contribution is -2.58. The summed E-state index contributed by atoms with van der Waals surface area (Å²) in [6.07, 6.45) is 0.367. The number of benzene rings is 1. The SMILES string of the molecule is CC(NC(=O)C(CCCCN)NC(=O)C(Cc1ccccc1)NC(=O)C(N)C(C)O)C(=O)O. The molecule has 1 aromatic carbocycles. The standard InChI is InChI=1S/C22H35N5O6/c1-13(22(32)33)25-19(29)16(10-6-7-11-23)26-20(30)17(12-15-8-4-3-5-9-15)27-21(31)18(24)14(2)28/h3-5,8-9,13-14,16-18,28H,6-7,10-12,23-24H2,1-2H3,(H,25,29)(H,26,30)(H,27,31)(H,32,33). The van der Waals surface area contributed by atoms with Crippen LogP contribution in [-0.2, 0) is 25.6 Å². The monoisotopic (exact) mass is 465 g/mol. The van der Waals surface area contributed by atoms with E-state index in [0.717, 1.165) is 5.56 Å². The molecule has 9 N–H and O–H groups in total. The number of aliphatic hydroxyl groups is 1. The molecule has 1 rings (SSSR count). The first-order chi connectivity index (χ1) is 15.6. The van der Waals surface area contributed by atoms with E-state index in [2.05, 4.69) is 16.0 Å². The van der Waals surface area contributed by atoms with Gasteiger partial charge in [-0.2, -0.15) is 0 Å². The number of nitrogens with two attached hydrogens (primary N) is 2. The van der Waals surface area contributed by atoms with Crippen LogP contribution in [0.3, 0.4) is 0 Å². The average molecular weight is 466 g/mol. The molecule has 5 atom stereocenters. The summed E-state index contributed by atoms with van der Waals surface area (Å²) < 4.78 is 0. The van der Waals surface area contributed by atoms with Gasteiger partial charge in [0.1, 0.15) is 24.2 Å². The summed E-state index contributed by atoms with van der Waals surface area (Å²) >= 11 is 0. The molecule has 0 spiro atoms. The zero-order chi connectivity index (χ0) is 25.0. The molecule has 0 fully saturated rings. The maximum atomic E-state index is 13.1. The predicted octanol–water partition coefficient (Wildman–Crippen LogP) is -1.37. The maximum Gasteiger partial charge on any atom is 0.325 e. The van der Waals surface area contributed by atoms with Crippen molar-refractivity contribution in [3.63, 3.8) is 0 Å². The van der Waals surface area contributed by atoms with Gasteiger partial charge in [0.15, 0.2) is 0 Å². The van der Waals surface area contributed by atoms with Crippen molar-refractivity contribution in [2.24, 2.45) is 11.5 Å². The van der Waals surface area contributed by atoms with E-state index in [0.29, 0.717) is 19.4 Å². The van der Waals surface area contributed by atoms with Crippen molar-refractivity contribution in [1.29, 1.82) is 0 Å². The summed E-state index contributed by atoms with van der Waals surface area (Å²) in [5.74, 6) is -3.22. The number of hydrogen-bond acceptors (Lipinski definition) is 7. The quantitative estimate of drug-likeness (QED) is 0.163. The first-order valence-corrected chi connectivity index (χ1v) is 10.9. The molecule has 1 aromatic rings. The third kappa shape index (κ3) is 9.98. The number of amides is 3. The number of nitrogens with one attached hydrogen (secondary N) is 3. The maximum absolute atomic E-state index is 13.1. The molecule has 0 aliphatic rings. The largest absolute Gasteiger partial charge is 0.480 e. The van der Waals surface area contributed by atoms with Crippen LogP contribution >= 0.6 is 0 Å². The Bertz CT molecular complexity index is 789. The van der Waals surface area contributed by atoms with E-state index in [1.807, 2.05) is 6.07 Å². The molecule has 0 aromatic heterocycles. The molecule has 184 valence electrons. The molecule has 0 saturated heterocycles. The molecule has 0 aliphatic carbocycles. The Labute approximate surface area is 193 Å². The van der Waals surface area contributed by atoms with Gasteiger partial charge < -0.3 is 37.6 Å². The normalized spacial score (nSPS) is 15.4. The van der Waals surface area contributed by atoms with Gasteiger partial charge in [-0.3, -0.25) is 19.2 Å². The van der Waals surface area contributed by atoms with Crippen molar-refractivity contribution >= 4 is 23.7 Å². The number of aliphatic hydroxyl groups excluding tert-OH is 1. The minimum Gasteiger partial charge on any atom is -0.480 e. The number of carboxylic acid groups (broad SMARTS) is 1. The van der Waals surface area contributed by atoms with E-state index in [1.54, 1.807) is 24.3 Å². The minimum atomic E-state index is -1.24. The van der Waals surface area contributed by atoms with Crippen LogP contribution in [0, 0.1) is 0 Å². The number of aliphatic carboxylic acids is 1. The van der Waals surface area contributed by atoms with Gasteiger partial charge in [-0.05, 0) is 45.2 Å². The molecular formula is C22H35N5O6. The van der Waals surface area contributed by atoms with Crippen LogP contribution in [0.15, 0.2) is 30.3 Å². The smallest absolute Gasteiger partial charge is 0.325 e. The fraction of sp³-hybridized carbons (Fsp3) is 0.545. The number of carboxylic acids is 1. The van der Waals surface area contributed by atoms with Gasteiger partial charge in [-0.15, -0.1) is 0 Å². The lowest BCUT2D eigenvalue weighted by atomic mass is 10.0. The van der Waals surface area contributed by atoms with Crippen molar-refractivity contribution in [3.8, 4) is 0 Å². The van der Waals surface area contributed by atoms with Gasteiger partial charge in [0.25, 0.3) is 0 Å². The highest BCUT2D eigenvalue weighted by molar-refractivity contribution is 5.94. The molecule has 3 amide bonds. The molecule has 11 nitrogen and oxygen atoms in total. The Morgan fingerprint density at radius 1 is 0.909 bits per heavy atom. The molecule has 0 radical (unpaired) electrons. The van der Waals surface area contributed by atoms with Gasteiger partial charge in [0.05, 0.1) is 6.10 Å². The molecule has 0 aliphatic heterocycles. The highest BCUT2D eigenvalue weighted by Gasteiger charge is 2.30. The van der Waals surface area contributed by atoms with E-state index in [-0.39, 0.29) is 12.8 Å². The van der Waals surface area contributed by atoms with Crippen LogP contribution in [0.1, 0.15) is 38.7 Å². The Kier molecular flexibility index (Phi) is 12.0. The molecule has 11 heteroatoms. The number of carbonyl (C=O) groups excluding carboxylic acids is 3. The zero-order valence-corrected chi connectivity index (χ0v) is 19.0. The van der Waals surface area contributed by atoms with Crippen LogP contribution in [0.25, 0.3) is 0 Å². The van der Waals surface area contributed by atoms with Crippen LogP contribution < -0.4 is 27.4 Å². The summed E-state index contributed by atoms with van der Waals surface area (Å²) in [5, 5.41) is 26.2. The average Bonchev–Trinajstić information content (AvgIpc) is 2.77. The topological polar surface area (TPSA) is 197 Å². The lowest BCUT2D eigenvalue weighted by Gasteiger charge is -2.25. The Balaban J connectivity index is 3.04. The van der Waals surface area contributed by atoms with E-state index in [4.69, 9.17) is 16.6 Å². The second kappa shape index (κ2) is 14.2. The third-order valence-electron chi connectivity index (χ3n) is 5.05. The van der Waals surface area contributed by atoms with E-state index >= 15 is 0 Å². The summed E-state index contributed by atoms with van der Waals surface area (Å²) in [5.41, 5.74) is 12.0. The van der Waals surface area contributed by atoms with Crippen molar-refractivity contribution < 1.29 is 29.4 Å². The number of hydrogen-bond donors (Lipinski definition) is 7. The predicted molar refractivity (Wildman–Crippen MR) is 122 cm³/mol. The van der Waals surface area contributed by atoms with Gasteiger partial charge in [0, 0.05) is 6.42 Å². The van der Waals surface area contributed by atoms with Crippen molar-refractivity contribution in [3.05, 3.63) is 35.9 Å². The molecule has 0 heterocycles. The van der Waals surface area contributed by atoms with Gasteiger partial charge in [-0.25, -0.2) is 0 Å². The van der Waals surface area contributed by atoms with Crippen LogP contribution in [0.5, 0.6) is 0 Å². The Hall–Kier alpha value is -3.02. The number of carbonyl (C=O) groups is 4. The van der Waals surface area contributed by atoms with Crippen LogP contribution in [0.4, 0.5) is 0 Å². The van der Waals surface area contributed by atoms with E-state index in [1.165, 1.54) is 13.8 Å². The van der Waals surface area contributed by atoms with Crippen LogP contribution in [0.2, 0.25) is 0 Å². The summed E-state index contributed by atoms with van der Waals surface area (Å²) in [4.78, 5) is 49.2. The van der Waals surface area contributed by atoms with E-state index < -0.39 is 54.0 Å². The second-order valence-corrected chi connectivity index (χ2v) is 7.93. The highest BCUT2D eigenvalue weighted by atomic mass is 16.4. The molecule has 5 unspecified atom stereocenters. The van der Waals surface area contributed by atoms with Crippen molar-refractivity contribution in [1.82, 2.24) is 16.0 Å². The van der Waals surface area contributed by atoms with Crippen LogP contribution in [-0.4, -0.2) is 70.7 Å². The summed E-state index contributed by atoms with van der Waals surface area (Å²) in [6, 6.07) is 4.45. The first-order valence-electron chi connectivity index (χ1n) is 10.9. The molecule has 0 saturated carbocycles. The molecule has 0 bridgehead atoms. The second-order valence-electron chi connectivity index (χ2n) is 7.93. The number of rotatable bonds is 14. The highest BCUT2D eigenvalue weighted by Crippen LogP contribution is 2.07. The van der Waals surface area contributed by atoms with Gasteiger partial charge >= 0.3 is 5.97 Å². The zero-order valence-electron chi connectivity index (χ0n) is 19.0. The number of unbranched alkanes of at least 4 members (excludes halogenated alkanes) is 1. The first kappa shape index (κ1) is 28.0. The van der Waals surface area contributed by atoms with Crippen molar-refractivity contribution in [2.45, 2.75) is 69.8 Å². The summed E-state index contributed by atoms with van der Waals surface area (Å²) in [6.45, 7) is 3.07. The summed E-state index contributed by atoms with van der Waals surface area (Å²) in [7, 11) is 0. The minimum absolute atomic E-state index is 0.119. The Morgan fingerprint density at radius 2 is 1.48 bits per heavy atom. The lowest BCUT2D eigenvalue weighted by molar-refractivity contribution is -0.141. The third-order valence-corrected chi connectivity index (χ3v) is 5.05. The van der Waals surface area contributed by atoms with Crippen molar-refractivity contribution in [2.75, 3.05) is 6.54 Å². The van der Waals surface area contributed by atoms with E-state index in [9.17, 15) is 24.3 Å². The molecule has 33 heavy (non-hydrogen) atoms. The van der Waals surface area contributed by atoms with Gasteiger partial charge in [-0.1, -0.05) is 30.3 Å². The fourth-order valence-corrected chi connectivity index (χ4v) is 2.96. The molecular weight excluding hydrogens is 430 g/mol. The fourth-order valence-electron chi connectivity index (χ4n) is 2.96. The Morgan fingerprint density at radius 3 is 2.03 bits per heavy atom.